The van der Waals surface area contributed by atoms with E-state index >= 15 is 0 Å². The average molecular weight is 524 g/mol. The first-order valence-corrected chi connectivity index (χ1v) is 12.8. The molecule has 0 saturated heterocycles. The van der Waals surface area contributed by atoms with Gasteiger partial charge in [0.25, 0.3) is 17.7 Å². The van der Waals surface area contributed by atoms with Crippen LogP contribution in [0.2, 0.25) is 0 Å². The summed E-state index contributed by atoms with van der Waals surface area (Å²) in [6.45, 7) is 4.03. The number of hydrogen-bond acceptors (Lipinski definition) is 6. The van der Waals surface area contributed by atoms with Gasteiger partial charge in [-0.05, 0) is 79.6 Å². The molecule has 5 rings (SSSR count). The van der Waals surface area contributed by atoms with Gasteiger partial charge in [0.05, 0.1) is 12.8 Å². The summed E-state index contributed by atoms with van der Waals surface area (Å²) < 4.78 is 5.39. The largest absolute Gasteiger partial charge is 0.467 e. The molecular weight excluding hydrogens is 498 g/mol. The van der Waals surface area contributed by atoms with Gasteiger partial charge in [-0.1, -0.05) is 42.1 Å². The van der Waals surface area contributed by atoms with E-state index < -0.39 is 11.8 Å². The van der Waals surface area contributed by atoms with E-state index in [-0.39, 0.29) is 23.1 Å². The number of rotatable bonds is 8. The lowest BCUT2D eigenvalue weighted by molar-refractivity contribution is -0.138. The topological polar surface area (TPSA) is 91.7 Å². The number of carbonyl (C=O) groups is 3. The van der Waals surface area contributed by atoms with Gasteiger partial charge in [0.1, 0.15) is 16.4 Å². The Morgan fingerprint density at radius 1 is 0.842 bits per heavy atom. The van der Waals surface area contributed by atoms with Crippen LogP contribution in [0.3, 0.4) is 0 Å². The van der Waals surface area contributed by atoms with Crippen LogP contribution in [0.15, 0.2) is 111 Å². The molecule has 38 heavy (non-hydrogen) atoms. The highest BCUT2D eigenvalue weighted by Crippen LogP contribution is 2.37. The SMILES string of the molecule is Cc1ccc(NC2=C(Sc3cccc(NC(=O)c4ccccc4)c3)C(=O)N(Cc3ccco3)C2=O)cc1C. The summed E-state index contributed by atoms with van der Waals surface area (Å²) >= 11 is 1.17. The molecule has 0 saturated carbocycles. The van der Waals surface area contributed by atoms with Crippen molar-refractivity contribution in [3.63, 3.8) is 0 Å². The second-order valence-electron chi connectivity index (χ2n) is 8.85. The number of aryl methyl sites for hydroxylation is 2. The molecule has 2 heterocycles. The zero-order chi connectivity index (χ0) is 26.6. The van der Waals surface area contributed by atoms with Crippen molar-refractivity contribution < 1.29 is 18.8 Å². The Bertz CT molecular complexity index is 1540. The van der Waals surface area contributed by atoms with Crippen LogP contribution in [0, 0.1) is 13.8 Å². The molecule has 7 nitrogen and oxygen atoms in total. The molecule has 1 aliphatic rings. The first kappa shape index (κ1) is 25.1. The molecule has 190 valence electrons. The van der Waals surface area contributed by atoms with Crippen LogP contribution in [0.1, 0.15) is 27.2 Å². The van der Waals surface area contributed by atoms with Crippen molar-refractivity contribution in [2.75, 3.05) is 10.6 Å². The molecule has 1 aliphatic heterocycles. The Morgan fingerprint density at radius 2 is 1.66 bits per heavy atom. The summed E-state index contributed by atoms with van der Waals surface area (Å²) in [4.78, 5) is 41.7. The molecule has 2 N–H and O–H groups in total. The number of nitrogens with zero attached hydrogens (tertiary/aromatic N) is 1. The third kappa shape index (κ3) is 5.40. The number of nitrogens with one attached hydrogen (secondary N) is 2. The molecule has 0 fully saturated rings. The van der Waals surface area contributed by atoms with E-state index in [9.17, 15) is 14.4 Å². The van der Waals surface area contributed by atoms with Gasteiger partial charge in [-0.25, -0.2) is 0 Å². The first-order valence-electron chi connectivity index (χ1n) is 12.0. The van der Waals surface area contributed by atoms with Crippen molar-refractivity contribution in [1.82, 2.24) is 4.90 Å². The number of thioether (sulfide) groups is 1. The second kappa shape index (κ2) is 10.8. The monoisotopic (exact) mass is 523 g/mol. The highest BCUT2D eigenvalue weighted by atomic mass is 32.2. The van der Waals surface area contributed by atoms with Crippen molar-refractivity contribution in [1.29, 1.82) is 0 Å². The van der Waals surface area contributed by atoms with Crippen molar-refractivity contribution in [3.8, 4) is 0 Å². The van der Waals surface area contributed by atoms with Crippen molar-refractivity contribution in [3.05, 3.63) is 124 Å². The number of amides is 3. The van der Waals surface area contributed by atoms with Crippen LogP contribution >= 0.6 is 11.8 Å². The fourth-order valence-electron chi connectivity index (χ4n) is 3.97. The van der Waals surface area contributed by atoms with E-state index in [1.165, 1.54) is 22.9 Å². The lowest BCUT2D eigenvalue weighted by Gasteiger charge is -2.14. The van der Waals surface area contributed by atoms with Crippen molar-refractivity contribution in [2.24, 2.45) is 0 Å². The summed E-state index contributed by atoms with van der Waals surface area (Å²) in [6, 6.07) is 25.3. The molecule has 0 spiro atoms. The molecule has 3 amide bonds. The van der Waals surface area contributed by atoms with Gasteiger partial charge in [-0.2, -0.15) is 0 Å². The minimum Gasteiger partial charge on any atom is -0.467 e. The second-order valence-corrected chi connectivity index (χ2v) is 9.94. The lowest BCUT2D eigenvalue weighted by Crippen LogP contribution is -2.31. The normalized spacial score (nSPS) is 13.3. The molecule has 3 aromatic carbocycles. The van der Waals surface area contributed by atoms with Gasteiger partial charge < -0.3 is 15.1 Å². The van der Waals surface area contributed by atoms with Crippen LogP contribution in [0.5, 0.6) is 0 Å². The minimum absolute atomic E-state index is 0.0278. The molecule has 0 aliphatic carbocycles. The van der Waals surface area contributed by atoms with E-state index in [1.807, 2.05) is 44.2 Å². The van der Waals surface area contributed by atoms with Crippen LogP contribution in [-0.4, -0.2) is 22.6 Å². The Morgan fingerprint density at radius 3 is 2.39 bits per heavy atom. The number of carbonyl (C=O) groups excluding carboxylic acids is 3. The molecule has 1 aromatic heterocycles. The van der Waals surface area contributed by atoms with Crippen LogP contribution in [-0.2, 0) is 16.1 Å². The molecule has 8 heteroatoms. The van der Waals surface area contributed by atoms with Gasteiger partial charge in [0.2, 0.25) is 0 Å². The smallest absolute Gasteiger partial charge is 0.278 e. The van der Waals surface area contributed by atoms with Crippen molar-refractivity contribution in [2.45, 2.75) is 25.3 Å². The number of hydrogen-bond donors (Lipinski definition) is 2. The number of benzene rings is 3. The Labute approximate surface area is 224 Å². The number of furan rings is 1. The molecule has 4 aromatic rings. The van der Waals surface area contributed by atoms with Gasteiger partial charge in [0.15, 0.2) is 0 Å². The minimum atomic E-state index is -0.430. The number of anilines is 2. The standard InChI is InChI=1S/C30H25N3O4S/c1-19-13-14-23(16-20(19)2)31-26-27(30(36)33(29(26)35)18-24-11-7-15-37-24)38-25-12-6-10-22(17-25)32-28(34)21-8-4-3-5-9-21/h3-17,31H,18H2,1-2H3,(H,32,34). The van der Waals surface area contributed by atoms with E-state index in [2.05, 4.69) is 10.6 Å². The lowest BCUT2D eigenvalue weighted by atomic mass is 10.1. The molecular formula is C30H25N3O4S. The van der Waals surface area contributed by atoms with Gasteiger partial charge in [-0.15, -0.1) is 0 Å². The predicted octanol–water partition coefficient (Wildman–Crippen LogP) is 6.13. The van der Waals surface area contributed by atoms with Gasteiger partial charge in [0, 0.05) is 21.8 Å². The van der Waals surface area contributed by atoms with E-state index in [4.69, 9.17) is 4.42 Å². The quantitative estimate of drug-likeness (QED) is 0.270. The molecule has 0 atom stereocenters. The van der Waals surface area contributed by atoms with Crippen LogP contribution in [0.25, 0.3) is 0 Å². The van der Waals surface area contributed by atoms with E-state index in [0.717, 1.165) is 11.1 Å². The van der Waals surface area contributed by atoms with Gasteiger partial charge >= 0.3 is 0 Å². The zero-order valence-electron chi connectivity index (χ0n) is 20.9. The highest BCUT2D eigenvalue weighted by Gasteiger charge is 2.39. The Balaban J connectivity index is 1.43. The van der Waals surface area contributed by atoms with Crippen LogP contribution < -0.4 is 10.6 Å². The fraction of sp³-hybridized carbons (Fsp3) is 0.100. The maximum atomic E-state index is 13.5. The Hall–Kier alpha value is -4.56. The Kier molecular flexibility index (Phi) is 7.15. The molecule has 0 bridgehead atoms. The van der Waals surface area contributed by atoms with Crippen molar-refractivity contribution >= 4 is 40.9 Å². The van der Waals surface area contributed by atoms with E-state index in [0.29, 0.717) is 27.6 Å². The maximum Gasteiger partial charge on any atom is 0.278 e. The molecule has 0 unspecified atom stereocenters. The predicted molar refractivity (Wildman–Crippen MR) is 148 cm³/mol. The fourth-order valence-corrected chi connectivity index (χ4v) is 4.98. The summed E-state index contributed by atoms with van der Waals surface area (Å²) in [5.41, 5.74) is 4.23. The van der Waals surface area contributed by atoms with Gasteiger partial charge in [-0.3, -0.25) is 19.3 Å². The third-order valence-corrected chi connectivity index (χ3v) is 7.22. The number of imide groups is 1. The summed E-state index contributed by atoms with van der Waals surface area (Å²) in [7, 11) is 0. The summed E-state index contributed by atoms with van der Waals surface area (Å²) in [5.74, 6) is -0.572. The highest BCUT2D eigenvalue weighted by molar-refractivity contribution is 8.04. The molecule has 0 radical (unpaired) electrons. The summed E-state index contributed by atoms with van der Waals surface area (Å²) in [6.07, 6.45) is 1.51. The van der Waals surface area contributed by atoms with Crippen LogP contribution in [0.4, 0.5) is 11.4 Å². The maximum absolute atomic E-state index is 13.5. The third-order valence-electron chi connectivity index (χ3n) is 6.14. The first-order chi connectivity index (χ1) is 18.4. The summed E-state index contributed by atoms with van der Waals surface area (Å²) in [5, 5.41) is 6.07. The van der Waals surface area contributed by atoms with E-state index in [1.54, 1.807) is 54.6 Å². The zero-order valence-corrected chi connectivity index (χ0v) is 21.7. The average Bonchev–Trinajstić information content (AvgIpc) is 3.51.